The Labute approximate surface area is 185 Å². The van der Waals surface area contributed by atoms with Crippen molar-refractivity contribution in [2.24, 2.45) is 4.99 Å². The van der Waals surface area contributed by atoms with E-state index in [4.69, 9.17) is 14.5 Å². The maximum absolute atomic E-state index is 6.03. The summed E-state index contributed by atoms with van der Waals surface area (Å²) in [6, 6.07) is 17.0. The van der Waals surface area contributed by atoms with Crippen LogP contribution >= 0.6 is 0 Å². The first-order chi connectivity index (χ1) is 15.2. The molecule has 2 heterocycles. The number of nitrogens with one attached hydrogen (secondary N) is 2. The Kier molecular flexibility index (Phi) is 7.43. The molecule has 0 aromatic heterocycles. The quantitative estimate of drug-likeness (QED) is 0.531. The van der Waals surface area contributed by atoms with Crippen molar-refractivity contribution in [3.8, 4) is 5.75 Å². The van der Waals surface area contributed by atoms with Crippen molar-refractivity contribution in [3.05, 3.63) is 65.2 Å². The van der Waals surface area contributed by atoms with Gasteiger partial charge in [0.1, 0.15) is 11.9 Å². The average Bonchev–Trinajstić information content (AvgIpc) is 3.19. The second-order valence-electron chi connectivity index (χ2n) is 8.36. The molecule has 2 atom stereocenters. The highest BCUT2D eigenvalue weighted by Crippen LogP contribution is 2.27. The van der Waals surface area contributed by atoms with Crippen LogP contribution < -0.4 is 15.4 Å². The number of hydrogen-bond acceptors (Lipinski definition) is 4. The molecule has 2 aliphatic heterocycles. The van der Waals surface area contributed by atoms with Gasteiger partial charge in [0, 0.05) is 32.6 Å². The van der Waals surface area contributed by atoms with Gasteiger partial charge in [0.2, 0.25) is 0 Å². The van der Waals surface area contributed by atoms with Crippen molar-refractivity contribution in [1.29, 1.82) is 0 Å². The fourth-order valence-corrected chi connectivity index (χ4v) is 4.21. The summed E-state index contributed by atoms with van der Waals surface area (Å²) in [5.41, 5.74) is 3.83. The monoisotopic (exact) mass is 422 g/mol. The minimum atomic E-state index is 0.139. The maximum atomic E-state index is 6.03. The molecule has 1 fully saturated rings. The second kappa shape index (κ2) is 10.6. The molecule has 2 N–H and O–H groups in total. The Hall–Kier alpha value is -2.57. The molecular weight excluding hydrogens is 388 g/mol. The number of hydrogen-bond donors (Lipinski definition) is 2. The third-order valence-electron chi connectivity index (χ3n) is 5.70. The first-order valence-electron chi connectivity index (χ1n) is 11.4. The fourth-order valence-electron chi connectivity index (χ4n) is 4.21. The number of para-hydroxylation sites is 1. The SMILES string of the molecule is CCNC(=NCc1cccc(CN2CCOC(C)C2)c1)NCC1Cc2ccccc2O1. The third kappa shape index (κ3) is 6.21. The fraction of sp³-hybridized carbons (Fsp3) is 0.480. The molecule has 4 rings (SSSR count). The lowest BCUT2D eigenvalue weighted by molar-refractivity contribution is -0.0212. The van der Waals surface area contributed by atoms with Gasteiger partial charge >= 0.3 is 0 Å². The van der Waals surface area contributed by atoms with Crippen LogP contribution in [0.3, 0.4) is 0 Å². The molecule has 2 unspecified atom stereocenters. The summed E-state index contributed by atoms with van der Waals surface area (Å²) in [5.74, 6) is 1.83. The van der Waals surface area contributed by atoms with E-state index in [9.17, 15) is 0 Å². The van der Waals surface area contributed by atoms with Crippen LogP contribution in [0.25, 0.3) is 0 Å². The molecule has 166 valence electrons. The van der Waals surface area contributed by atoms with Crippen molar-refractivity contribution < 1.29 is 9.47 Å². The first kappa shape index (κ1) is 21.7. The van der Waals surface area contributed by atoms with E-state index in [1.165, 1.54) is 16.7 Å². The number of nitrogens with zero attached hydrogens (tertiary/aromatic N) is 2. The van der Waals surface area contributed by atoms with Crippen molar-refractivity contribution in [2.75, 3.05) is 32.8 Å². The van der Waals surface area contributed by atoms with Gasteiger partial charge in [0.15, 0.2) is 5.96 Å². The second-order valence-corrected chi connectivity index (χ2v) is 8.36. The lowest BCUT2D eigenvalue weighted by Gasteiger charge is -2.31. The van der Waals surface area contributed by atoms with Gasteiger partial charge in [-0.05, 0) is 36.6 Å². The highest BCUT2D eigenvalue weighted by atomic mass is 16.5. The summed E-state index contributed by atoms with van der Waals surface area (Å²) >= 11 is 0. The number of ether oxygens (including phenoxy) is 2. The molecule has 2 aliphatic rings. The first-order valence-corrected chi connectivity index (χ1v) is 11.4. The Morgan fingerprint density at radius 1 is 1.13 bits per heavy atom. The molecule has 0 amide bonds. The molecule has 1 saturated heterocycles. The Balaban J connectivity index is 1.31. The summed E-state index contributed by atoms with van der Waals surface area (Å²) < 4.78 is 11.7. The van der Waals surface area contributed by atoms with Crippen LogP contribution in [0.2, 0.25) is 0 Å². The van der Waals surface area contributed by atoms with E-state index < -0.39 is 0 Å². The standard InChI is InChI=1S/C25H34N4O2/c1-3-26-25(28-16-23-14-22-9-4-5-10-24(22)31-23)27-15-20-7-6-8-21(13-20)18-29-11-12-30-19(2)17-29/h4-10,13,19,23H,3,11-12,14-18H2,1-2H3,(H2,26,27,28). The summed E-state index contributed by atoms with van der Waals surface area (Å²) in [7, 11) is 0. The van der Waals surface area contributed by atoms with Gasteiger partial charge in [-0.25, -0.2) is 4.99 Å². The highest BCUT2D eigenvalue weighted by molar-refractivity contribution is 5.79. The Bertz CT molecular complexity index is 860. The van der Waals surface area contributed by atoms with Gasteiger partial charge in [-0.3, -0.25) is 4.90 Å². The van der Waals surface area contributed by atoms with E-state index >= 15 is 0 Å². The molecule has 2 aromatic rings. The number of benzene rings is 2. The maximum Gasteiger partial charge on any atom is 0.191 e. The number of aliphatic imine (C=N–C) groups is 1. The smallest absolute Gasteiger partial charge is 0.191 e. The molecule has 6 heteroatoms. The van der Waals surface area contributed by atoms with Crippen LogP contribution in [0.1, 0.15) is 30.5 Å². The molecule has 31 heavy (non-hydrogen) atoms. The zero-order valence-corrected chi connectivity index (χ0v) is 18.6. The molecule has 0 spiro atoms. The molecule has 0 radical (unpaired) electrons. The van der Waals surface area contributed by atoms with Crippen molar-refractivity contribution in [1.82, 2.24) is 15.5 Å². The van der Waals surface area contributed by atoms with E-state index in [-0.39, 0.29) is 6.10 Å². The molecule has 2 aromatic carbocycles. The summed E-state index contributed by atoms with van der Waals surface area (Å²) in [5, 5.41) is 6.79. The van der Waals surface area contributed by atoms with Gasteiger partial charge in [-0.2, -0.15) is 0 Å². The predicted octanol–water partition coefficient (Wildman–Crippen LogP) is 2.97. The lowest BCUT2D eigenvalue weighted by atomic mass is 10.1. The van der Waals surface area contributed by atoms with Crippen LogP contribution in [-0.2, 0) is 24.2 Å². The van der Waals surface area contributed by atoms with E-state index in [2.05, 4.69) is 65.8 Å². The summed E-state index contributed by atoms with van der Waals surface area (Å²) in [4.78, 5) is 7.26. The zero-order valence-electron chi connectivity index (χ0n) is 18.6. The minimum Gasteiger partial charge on any atom is -0.488 e. The van der Waals surface area contributed by atoms with Crippen LogP contribution in [0.5, 0.6) is 5.75 Å². The minimum absolute atomic E-state index is 0.139. The normalized spacial score (nSPS) is 21.4. The summed E-state index contributed by atoms with van der Waals surface area (Å²) in [6.45, 7) is 10.2. The van der Waals surface area contributed by atoms with E-state index in [0.717, 1.165) is 57.5 Å². The van der Waals surface area contributed by atoms with Crippen molar-refractivity contribution in [2.45, 2.75) is 45.6 Å². The molecule has 0 bridgehead atoms. The van der Waals surface area contributed by atoms with Crippen LogP contribution in [0.15, 0.2) is 53.5 Å². The van der Waals surface area contributed by atoms with Gasteiger partial charge < -0.3 is 20.1 Å². The van der Waals surface area contributed by atoms with Crippen LogP contribution in [-0.4, -0.2) is 55.9 Å². The van der Waals surface area contributed by atoms with Crippen LogP contribution in [0, 0.1) is 0 Å². The van der Waals surface area contributed by atoms with E-state index in [0.29, 0.717) is 12.6 Å². The number of guanidine groups is 1. The molecule has 0 aliphatic carbocycles. The van der Waals surface area contributed by atoms with Gasteiger partial charge in [0.25, 0.3) is 0 Å². The number of fused-ring (bicyclic) bond motifs is 1. The van der Waals surface area contributed by atoms with Gasteiger partial charge in [-0.1, -0.05) is 42.5 Å². The van der Waals surface area contributed by atoms with Crippen LogP contribution in [0.4, 0.5) is 0 Å². The van der Waals surface area contributed by atoms with Gasteiger partial charge in [0.05, 0.1) is 25.8 Å². The number of morpholine rings is 1. The van der Waals surface area contributed by atoms with Gasteiger partial charge in [-0.15, -0.1) is 0 Å². The van der Waals surface area contributed by atoms with E-state index in [1.54, 1.807) is 0 Å². The number of rotatable bonds is 7. The highest BCUT2D eigenvalue weighted by Gasteiger charge is 2.22. The summed E-state index contributed by atoms with van der Waals surface area (Å²) in [6.07, 6.45) is 1.39. The van der Waals surface area contributed by atoms with E-state index in [1.807, 2.05) is 12.1 Å². The largest absolute Gasteiger partial charge is 0.488 e. The Morgan fingerprint density at radius 2 is 2.00 bits per heavy atom. The van der Waals surface area contributed by atoms with Crippen molar-refractivity contribution >= 4 is 5.96 Å². The molecule has 0 saturated carbocycles. The van der Waals surface area contributed by atoms with Crippen molar-refractivity contribution in [3.63, 3.8) is 0 Å². The average molecular weight is 423 g/mol. The topological polar surface area (TPSA) is 58.1 Å². The lowest BCUT2D eigenvalue weighted by Crippen LogP contribution is -2.42. The molecule has 6 nitrogen and oxygen atoms in total. The Morgan fingerprint density at radius 3 is 2.84 bits per heavy atom. The third-order valence-corrected chi connectivity index (χ3v) is 5.70. The predicted molar refractivity (Wildman–Crippen MR) is 125 cm³/mol. The molecular formula is C25H34N4O2. The zero-order chi connectivity index (χ0) is 21.5.